The van der Waals surface area contributed by atoms with E-state index in [1.54, 1.807) is 0 Å². The highest BCUT2D eigenvalue weighted by Crippen LogP contribution is 2.17. The molecular weight excluding hydrogens is 292 g/mol. The van der Waals surface area contributed by atoms with E-state index in [1.807, 2.05) is 13.8 Å². The standard InChI is InChI=1S/C14H22N2O6/c1-3-10-9-11(4-2)22-16(15-10)12(17)7-8-21-14(20)6-5-13(18)19/h11H,3-9H2,1-2H3,(H,18,19). The summed E-state index contributed by atoms with van der Waals surface area (Å²) in [6.45, 7) is 3.81. The predicted molar refractivity (Wildman–Crippen MR) is 76.8 cm³/mol. The summed E-state index contributed by atoms with van der Waals surface area (Å²) in [5.41, 5.74) is 0.893. The van der Waals surface area contributed by atoms with E-state index in [1.165, 1.54) is 0 Å². The number of ether oxygens (including phenoxy) is 1. The van der Waals surface area contributed by atoms with Crippen LogP contribution >= 0.6 is 0 Å². The minimum Gasteiger partial charge on any atom is -0.481 e. The first-order valence-corrected chi connectivity index (χ1v) is 7.39. The molecule has 0 spiro atoms. The van der Waals surface area contributed by atoms with Crippen LogP contribution in [0, 0.1) is 0 Å². The molecule has 1 N–H and O–H groups in total. The highest BCUT2D eigenvalue weighted by Gasteiger charge is 2.25. The molecule has 1 aliphatic heterocycles. The maximum Gasteiger partial charge on any atom is 0.306 e. The van der Waals surface area contributed by atoms with Crippen molar-refractivity contribution in [1.29, 1.82) is 0 Å². The molecule has 0 saturated carbocycles. The third-order valence-corrected chi connectivity index (χ3v) is 3.14. The molecule has 0 saturated heterocycles. The number of hydrogen-bond donors (Lipinski definition) is 1. The van der Waals surface area contributed by atoms with Crippen LogP contribution in [0.4, 0.5) is 0 Å². The van der Waals surface area contributed by atoms with Crippen molar-refractivity contribution < 1.29 is 29.1 Å². The number of carboxylic acid groups (broad SMARTS) is 1. The number of amides is 1. The van der Waals surface area contributed by atoms with Gasteiger partial charge in [-0.25, -0.2) is 4.84 Å². The van der Waals surface area contributed by atoms with Gasteiger partial charge < -0.3 is 9.84 Å². The normalized spacial score (nSPS) is 17.8. The SMILES string of the molecule is CCC1=NN(C(=O)CCOC(=O)CCC(=O)O)OC(CC)C1. The molecule has 0 aliphatic carbocycles. The van der Waals surface area contributed by atoms with Crippen molar-refractivity contribution in [3.05, 3.63) is 0 Å². The van der Waals surface area contributed by atoms with Gasteiger partial charge in [0, 0.05) is 12.1 Å². The molecule has 0 aromatic rings. The summed E-state index contributed by atoms with van der Waals surface area (Å²) in [7, 11) is 0. The van der Waals surface area contributed by atoms with Crippen LogP contribution in [0.3, 0.4) is 0 Å². The summed E-state index contributed by atoms with van der Waals surface area (Å²) < 4.78 is 4.81. The van der Waals surface area contributed by atoms with Crippen LogP contribution in [0.2, 0.25) is 0 Å². The molecule has 1 rings (SSSR count). The molecule has 1 atom stereocenters. The minimum absolute atomic E-state index is 0.0598. The van der Waals surface area contributed by atoms with E-state index in [2.05, 4.69) is 5.10 Å². The number of esters is 1. The lowest BCUT2D eigenvalue weighted by atomic mass is 10.1. The second-order valence-corrected chi connectivity index (χ2v) is 4.89. The quantitative estimate of drug-likeness (QED) is 0.680. The number of hydrazone groups is 1. The highest BCUT2D eigenvalue weighted by molar-refractivity contribution is 5.87. The molecule has 8 nitrogen and oxygen atoms in total. The minimum atomic E-state index is -1.07. The zero-order valence-corrected chi connectivity index (χ0v) is 12.9. The number of carbonyl (C=O) groups is 3. The zero-order valence-electron chi connectivity index (χ0n) is 12.9. The van der Waals surface area contributed by atoms with Gasteiger partial charge >= 0.3 is 11.9 Å². The summed E-state index contributed by atoms with van der Waals surface area (Å²) in [6.07, 6.45) is 1.59. The van der Waals surface area contributed by atoms with Gasteiger partial charge in [0.15, 0.2) is 0 Å². The van der Waals surface area contributed by atoms with Gasteiger partial charge in [-0.15, -0.1) is 5.17 Å². The molecule has 8 heteroatoms. The Morgan fingerprint density at radius 1 is 1.32 bits per heavy atom. The second kappa shape index (κ2) is 9.14. The molecule has 1 amide bonds. The van der Waals surface area contributed by atoms with Crippen molar-refractivity contribution in [2.24, 2.45) is 5.10 Å². The van der Waals surface area contributed by atoms with Crippen LogP contribution in [0.1, 0.15) is 52.4 Å². The molecule has 0 bridgehead atoms. The molecule has 1 heterocycles. The topological polar surface area (TPSA) is 106 Å². The number of nitrogens with zero attached hydrogens (tertiary/aromatic N) is 2. The van der Waals surface area contributed by atoms with E-state index in [0.717, 1.165) is 23.7 Å². The van der Waals surface area contributed by atoms with Gasteiger partial charge in [0.05, 0.1) is 25.4 Å². The number of carbonyl (C=O) groups excluding carboxylic acids is 2. The summed E-state index contributed by atoms with van der Waals surface area (Å²) in [5, 5.41) is 13.5. The van der Waals surface area contributed by atoms with Gasteiger partial charge in [-0.05, 0) is 12.8 Å². The van der Waals surface area contributed by atoms with Crippen molar-refractivity contribution in [1.82, 2.24) is 5.17 Å². The van der Waals surface area contributed by atoms with Crippen LogP contribution in [0.25, 0.3) is 0 Å². The molecule has 1 unspecified atom stereocenters. The van der Waals surface area contributed by atoms with Gasteiger partial charge in [0.25, 0.3) is 5.91 Å². The first-order valence-electron chi connectivity index (χ1n) is 7.39. The molecule has 124 valence electrons. The van der Waals surface area contributed by atoms with Crippen LogP contribution in [0.5, 0.6) is 0 Å². The van der Waals surface area contributed by atoms with Crippen LogP contribution in [-0.4, -0.2) is 46.5 Å². The van der Waals surface area contributed by atoms with Gasteiger partial charge in [-0.2, -0.15) is 5.10 Å². The maximum absolute atomic E-state index is 12.0. The van der Waals surface area contributed by atoms with Crippen LogP contribution < -0.4 is 0 Å². The van der Waals surface area contributed by atoms with Gasteiger partial charge in [0.2, 0.25) is 0 Å². The average molecular weight is 314 g/mol. The summed E-state index contributed by atoms with van der Waals surface area (Å²) >= 11 is 0. The van der Waals surface area contributed by atoms with Gasteiger partial charge in [-0.3, -0.25) is 14.4 Å². The summed E-state index contributed by atoms with van der Waals surface area (Å²) in [5.74, 6) is -2.10. The number of rotatable bonds is 8. The van der Waals surface area contributed by atoms with E-state index < -0.39 is 17.8 Å². The third kappa shape index (κ3) is 6.21. The van der Waals surface area contributed by atoms with E-state index >= 15 is 0 Å². The Labute approximate surface area is 129 Å². The van der Waals surface area contributed by atoms with Crippen molar-refractivity contribution in [2.45, 2.75) is 58.5 Å². The Morgan fingerprint density at radius 3 is 2.64 bits per heavy atom. The fourth-order valence-corrected chi connectivity index (χ4v) is 1.81. The molecular formula is C14H22N2O6. The number of aliphatic carboxylic acids is 1. The number of hydrogen-bond acceptors (Lipinski definition) is 6. The Bertz CT molecular complexity index is 449. The van der Waals surface area contributed by atoms with Crippen molar-refractivity contribution >= 4 is 23.6 Å². The Morgan fingerprint density at radius 2 is 2.05 bits per heavy atom. The van der Waals surface area contributed by atoms with Crippen molar-refractivity contribution in [3.63, 3.8) is 0 Å². The molecule has 0 aromatic heterocycles. The van der Waals surface area contributed by atoms with E-state index in [9.17, 15) is 14.4 Å². The lowest BCUT2D eigenvalue weighted by Gasteiger charge is -2.28. The third-order valence-electron chi connectivity index (χ3n) is 3.14. The van der Waals surface area contributed by atoms with E-state index in [0.29, 0.717) is 6.42 Å². The molecule has 22 heavy (non-hydrogen) atoms. The smallest absolute Gasteiger partial charge is 0.306 e. The predicted octanol–water partition coefficient (Wildman–Crippen LogP) is 1.49. The fraction of sp³-hybridized carbons (Fsp3) is 0.714. The van der Waals surface area contributed by atoms with Crippen LogP contribution in [-0.2, 0) is 24.0 Å². The summed E-state index contributed by atoms with van der Waals surface area (Å²) in [4.78, 5) is 39.0. The van der Waals surface area contributed by atoms with Crippen molar-refractivity contribution in [3.8, 4) is 0 Å². The van der Waals surface area contributed by atoms with E-state index in [4.69, 9.17) is 14.7 Å². The molecule has 0 radical (unpaired) electrons. The first kappa shape index (κ1) is 18.1. The Hall–Kier alpha value is -1.96. The largest absolute Gasteiger partial charge is 0.481 e. The lowest BCUT2D eigenvalue weighted by molar-refractivity contribution is -0.212. The molecule has 0 aromatic carbocycles. The molecule has 1 aliphatic rings. The summed E-state index contributed by atoms with van der Waals surface area (Å²) in [6, 6.07) is 0. The monoisotopic (exact) mass is 314 g/mol. The van der Waals surface area contributed by atoms with Crippen molar-refractivity contribution in [2.75, 3.05) is 6.61 Å². The Kier molecular flexibility index (Phi) is 7.51. The van der Waals surface area contributed by atoms with Gasteiger partial charge in [-0.1, -0.05) is 13.8 Å². The number of hydroxylamine groups is 1. The highest BCUT2D eigenvalue weighted by atomic mass is 16.7. The van der Waals surface area contributed by atoms with E-state index in [-0.39, 0.29) is 32.0 Å². The number of carboxylic acids is 1. The van der Waals surface area contributed by atoms with Gasteiger partial charge in [0.1, 0.15) is 6.61 Å². The lowest BCUT2D eigenvalue weighted by Crippen LogP contribution is -2.37. The average Bonchev–Trinajstić information content (AvgIpc) is 2.52. The molecule has 0 fully saturated rings. The fourth-order valence-electron chi connectivity index (χ4n) is 1.81. The zero-order chi connectivity index (χ0) is 16.5. The Balaban J connectivity index is 2.38. The maximum atomic E-state index is 12.0. The van der Waals surface area contributed by atoms with Crippen LogP contribution in [0.15, 0.2) is 5.10 Å². The second-order valence-electron chi connectivity index (χ2n) is 4.89. The first-order chi connectivity index (χ1) is 10.5.